The van der Waals surface area contributed by atoms with Crippen LogP contribution in [-0.2, 0) is 6.54 Å². The number of carbonyl (C=O) groups excluding carboxylic acids is 1. The summed E-state index contributed by atoms with van der Waals surface area (Å²) in [7, 11) is 0. The van der Waals surface area contributed by atoms with E-state index in [0.717, 1.165) is 21.2 Å². The topological polar surface area (TPSA) is 64.1 Å². The fourth-order valence-electron chi connectivity index (χ4n) is 2.93. The third-order valence-corrected chi connectivity index (χ3v) is 5.23. The van der Waals surface area contributed by atoms with Crippen LogP contribution in [0.2, 0.25) is 0 Å². The fourth-order valence-corrected chi connectivity index (χ4v) is 3.19. The largest absolute Gasteiger partial charge is 0.424 e. The van der Waals surface area contributed by atoms with Crippen molar-refractivity contribution in [2.45, 2.75) is 13.5 Å². The van der Waals surface area contributed by atoms with Crippen molar-refractivity contribution in [1.29, 1.82) is 0 Å². The first kappa shape index (κ1) is 20.8. The van der Waals surface area contributed by atoms with Crippen LogP contribution < -0.4 is 10.1 Å². The number of aryl methyl sites for hydroxylation is 1. The maximum atomic E-state index is 12.4. The van der Waals surface area contributed by atoms with Gasteiger partial charge >= 0.3 is 6.01 Å². The molecule has 3 aromatic carbocycles. The van der Waals surface area contributed by atoms with Crippen molar-refractivity contribution in [3.63, 3.8) is 0 Å². The van der Waals surface area contributed by atoms with E-state index in [-0.39, 0.29) is 11.9 Å². The average Bonchev–Trinajstić information content (AvgIpc) is 2.80. The number of aromatic nitrogens is 2. The number of benzene rings is 3. The first-order valence-electron chi connectivity index (χ1n) is 9.76. The van der Waals surface area contributed by atoms with E-state index < -0.39 is 0 Å². The van der Waals surface area contributed by atoms with Gasteiger partial charge in [-0.1, -0.05) is 57.9 Å². The zero-order valence-electron chi connectivity index (χ0n) is 16.9. The molecule has 6 heteroatoms. The Kier molecular flexibility index (Phi) is 6.38. The van der Waals surface area contributed by atoms with Crippen molar-refractivity contribution in [2.24, 2.45) is 0 Å². The minimum atomic E-state index is -0.145. The van der Waals surface area contributed by atoms with E-state index >= 15 is 0 Å². The molecule has 0 saturated carbocycles. The number of rotatable bonds is 6. The van der Waals surface area contributed by atoms with Gasteiger partial charge in [-0.05, 0) is 54.4 Å². The van der Waals surface area contributed by atoms with Gasteiger partial charge in [-0.25, -0.2) is 9.97 Å². The molecular formula is C25H20BrN3O2. The molecule has 0 bridgehead atoms. The van der Waals surface area contributed by atoms with Crippen molar-refractivity contribution in [2.75, 3.05) is 0 Å². The lowest BCUT2D eigenvalue weighted by atomic mass is 10.1. The Labute approximate surface area is 189 Å². The van der Waals surface area contributed by atoms with Gasteiger partial charge < -0.3 is 10.1 Å². The van der Waals surface area contributed by atoms with Gasteiger partial charge in [0.15, 0.2) is 0 Å². The summed E-state index contributed by atoms with van der Waals surface area (Å²) < 4.78 is 6.71. The van der Waals surface area contributed by atoms with E-state index in [1.165, 1.54) is 5.56 Å². The first-order valence-corrected chi connectivity index (χ1v) is 10.6. The average molecular weight is 474 g/mol. The molecule has 0 fully saturated rings. The lowest BCUT2D eigenvalue weighted by Crippen LogP contribution is -2.22. The SMILES string of the molecule is Cc1ccc(-c2cnc(Oc3ccc(C(=O)NCc4ccc(Br)cc4)cc3)nc2)cc1. The summed E-state index contributed by atoms with van der Waals surface area (Å²) in [4.78, 5) is 20.9. The molecule has 31 heavy (non-hydrogen) atoms. The van der Waals surface area contributed by atoms with E-state index in [1.807, 2.05) is 36.4 Å². The molecule has 5 nitrogen and oxygen atoms in total. The van der Waals surface area contributed by atoms with Gasteiger partial charge in [-0.3, -0.25) is 4.79 Å². The number of nitrogens with one attached hydrogen (secondary N) is 1. The van der Waals surface area contributed by atoms with Crippen LogP contribution >= 0.6 is 15.9 Å². The van der Waals surface area contributed by atoms with Crippen molar-refractivity contribution in [1.82, 2.24) is 15.3 Å². The van der Waals surface area contributed by atoms with Crippen molar-refractivity contribution >= 4 is 21.8 Å². The molecule has 1 heterocycles. The van der Waals surface area contributed by atoms with Crippen molar-refractivity contribution in [3.8, 4) is 22.9 Å². The molecule has 4 rings (SSSR count). The smallest absolute Gasteiger partial charge is 0.321 e. The first-order chi connectivity index (χ1) is 15.1. The van der Waals surface area contributed by atoms with Crippen LogP contribution in [0.5, 0.6) is 11.8 Å². The number of carbonyl (C=O) groups is 1. The van der Waals surface area contributed by atoms with E-state index in [2.05, 4.69) is 50.3 Å². The lowest BCUT2D eigenvalue weighted by Gasteiger charge is -2.08. The fraction of sp³-hybridized carbons (Fsp3) is 0.0800. The van der Waals surface area contributed by atoms with Gasteiger partial charge in [-0.15, -0.1) is 0 Å². The number of halogens is 1. The molecule has 0 aliphatic carbocycles. The minimum absolute atomic E-state index is 0.145. The second kappa shape index (κ2) is 9.53. The third-order valence-electron chi connectivity index (χ3n) is 4.71. The zero-order valence-corrected chi connectivity index (χ0v) is 18.5. The Hall–Kier alpha value is -3.51. The van der Waals surface area contributed by atoms with Crippen molar-refractivity contribution < 1.29 is 9.53 Å². The molecule has 1 N–H and O–H groups in total. The highest BCUT2D eigenvalue weighted by Crippen LogP contribution is 2.22. The maximum Gasteiger partial charge on any atom is 0.321 e. The zero-order chi connectivity index (χ0) is 21.6. The minimum Gasteiger partial charge on any atom is -0.424 e. The summed E-state index contributed by atoms with van der Waals surface area (Å²) in [6.45, 7) is 2.51. The Balaban J connectivity index is 1.35. The maximum absolute atomic E-state index is 12.4. The molecule has 0 atom stereocenters. The van der Waals surface area contributed by atoms with E-state index in [1.54, 1.807) is 36.7 Å². The molecule has 154 valence electrons. The summed E-state index contributed by atoms with van der Waals surface area (Å²) in [6.07, 6.45) is 3.47. The monoisotopic (exact) mass is 473 g/mol. The summed E-state index contributed by atoms with van der Waals surface area (Å²) in [5, 5.41) is 2.91. The van der Waals surface area contributed by atoms with E-state index in [4.69, 9.17) is 4.74 Å². The van der Waals surface area contributed by atoms with Crippen LogP contribution in [0.4, 0.5) is 0 Å². The van der Waals surface area contributed by atoms with Crippen LogP contribution in [-0.4, -0.2) is 15.9 Å². The predicted molar refractivity (Wildman–Crippen MR) is 124 cm³/mol. The van der Waals surface area contributed by atoms with Crippen LogP contribution in [0.1, 0.15) is 21.5 Å². The van der Waals surface area contributed by atoms with Crippen LogP contribution in [0.25, 0.3) is 11.1 Å². The second-order valence-electron chi connectivity index (χ2n) is 7.06. The number of hydrogen-bond acceptors (Lipinski definition) is 4. The number of ether oxygens (including phenoxy) is 1. The molecule has 0 radical (unpaired) electrons. The highest BCUT2D eigenvalue weighted by Gasteiger charge is 2.07. The molecule has 0 saturated heterocycles. The highest BCUT2D eigenvalue weighted by molar-refractivity contribution is 9.10. The lowest BCUT2D eigenvalue weighted by molar-refractivity contribution is 0.0951. The predicted octanol–water partition coefficient (Wildman–Crippen LogP) is 5.94. The van der Waals surface area contributed by atoms with Crippen LogP contribution in [0.15, 0.2) is 89.7 Å². The molecule has 0 aliphatic rings. The Morgan fingerprint density at radius 1 is 0.871 bits per heavy atom. The summed E-state index contributed by atoms with van der Waals surface area (Å²) in [6, 6.07) is 23.1. The number of amides is 1. The molecule has 1 amide bonds. The van der Waals surface area contributed by atoms with E-state index in [9.17, 15) is 4.79 Å². The number of nitrogens with zero attached hydrogens (tertiary/aromatic N) is 2. The van der Waals surface area contributed by atoms with Gasteiger partial charge in [-0.2, -0.15) is 0 Å². The van der Waals surface area contributed by atoms with Gasteiger partial charge in [0.1, 0.15) is 5.75 Å². The van der Waals surface area contributed by atoms with Crippen LogP contribution in [0, 0.1) is 6.92 Å². The number of hydrogen-bond donors (Lipinski definition) is 1. The van der Waals surface area contributed by atoms with Gasteiger partial charge in [0.05, 0.1) is 0 Å². The van der Waals surface area contributed by atoms with Crippen molar-refractivity contribution in [3.05, 3.63) is 106 Å². The highest BCUT2D eigenvalue weighted by atomic mass is 79.9. The molecule has 0 spiro atoms. The van der Waals surface area contributed by atoms with Gasteiger partial charge in [0, 0.05) is 34.5 Å². The third kappa shape index (κ3) is 5.55. The normalized spacial score (nSPS) is 10.5. The molecule has 0 unspecified atom stereocenters. The molecule has 4 aromatic rings. The second-order valence-corrected chi connectivity index (χ2v) is 7.97. The summed E-state index contributed by atoms with van der Waals surface area (Å²) in [5.41, 5.74) is 4.76. The summed E-state index contributed by atoms with van der Waals surface area (Å²) >= 11 is 3.40. The molecule has 0 aliphatic heterocycles. The Morgan fingerprint density at radius 3 is 2.16 bits per heavy atom. The summed E-state index contributed by atoms with van der Waals surface area (Å²) in [5.74, 6) is 0.417. The van der Waals surface area contributed by atoms with Gasteiger partial charge in [0.25, 0.3) is 5.91 Å². The Bertz CT molecular complexity index is 1160. The Morgan fingerprint density at radius 2 is 1.52 bits per heavy atom. The van der Waals surface area contributed by atoms with Gasteiger partial charge in [0.2, 0.25) is 0 Å². The standard InChI is InChI=1S/C25H20BrN3O2/c1-17-2-6-19(7-3-17)21-15-28-25(29-16-21)31-23-12-8-20(9-13-23)24(30)27-14-18-4-10-22(26)11-5-18/h2-13,15-16H,14H2,1H3,(H,27,30). The quantitative estimate of drug-likeness (QED) is 0.376. The molecular weight excluding hydrogens is 454 g/mol. The van der Waals surface area contributed by atoms with E-state index in [0.29, 0.717) is 17.9 Å². The molecule has 1 aromatic heterocycles. The van der Waals surface area contributed by atoms with Crippen LogP contribution in [0.3, 0.4) is 0 Å².